The van der Waals surface area contributed by atoms with Gasteiger partial charge in [-0.15, -0.1) is 0 Å². The van der Waals surface area contributed by atoms with Crippen molar-refractivity contribution in [2.75, 3.05) is 29.9 Å². The molecule has 0 unspecified atom stereocenters. The SMILES string of the molecule is O=C1C=C(Nc2cccc(N3CCCC3=O)c2)C(=O)N1CCO. The van der Waals surface area contributed by atoms with Gasteiger partial charge in [0, 0.05) is 30.4 Å². The number of hydrogen-bond acceptors (Lipinski definition) is 5. The molecule has 0 atom stereocenters. The van der Waals surface area contributed by atoms with Gasteiger partial charge in [-0.2, -0.15) is 0 Å². The summed E-state index contributed by atoms with van der Waals surface area (Å²) in [5, 5.41) is 11.8. The molecule has 1 saturated heterocycles. The molecule has 7 nitrogen and oxygen atoms in total. The van der Waals surface area contributed by atoms with Gasteiger partial charge in [0.2, 0.25) is 5.91 Å². The number of nitrogens with zero attached hydrogens (tertiary/aromatic N) is 2. The number of aliphatic hydroxyl groups excluding tert-OH is 1. The molecule has 3 amide bonds. The van der Waals surface area contributed by atoms with Gasteiger partial charge < -0.3 is 15.3 Å². The van der Waals surface area contributed by atoms with E-state index in [1.165, 1.54) is 6.08 Å². The summed E-state index contributed by atoms with van der Waals surface area (Å²) in [7, 11) is 0. The lowest BCUT2D eigenvalue weighted by atomic mass is 10.2. The fourth-order valence-electron chi connectivity index (χ4n) is 2.74. The fourth-order valence-corrected chi connectivity index (χ4v) is 2.74. The Morgan fingerprint density at radius 3 is 2.74 bits per heavy atom. The molecule has 3 rings (SSSR count). The lowest BCUT2D eigenvalue weighted by molar-refractivity contribution is -0.137. The van der Waals surface area contributed by atoms with Crippen LogP contribution < -0.4 is 10.2 Å². The second kappa shape index (κ2) is 6.21. The largest absolute Gasteiger partial charge is 0.395 e. The zero-order chi connectivity index (χ0) is 16.4. The average Bonchev–Trinajstić information content (AvgIpc) is 3.07. The number of nitrogens with one attached hydrogen (secondary N) is 1. The summed E-state index contributed by atoms with van der Waals surface area (Å²) in [5.74, 6) is -0.827. The van der Waals surface area contributed by atoms with Crippen molar-refractivity contribution in [1.82, 2.24) is 4.90 Å². The number of carbonyl (C=O) groups is 3. The highest BCUT2D eigenvalue weighted by atomic mass is 16.3. The van der Waals surface area contributed by atoms with Crippen LogP contribution >= 0.6 is 0 Å². The van der Waals surface area contributed by atoms with Gasteiger partial charge in [0.15, 0.2) is 0 Å². The van der Waals surface area contributed by atoms with Crippen molar-refractivity contribution in [1.29, 1.82) is 0 Å². The topological polar surface area (TPSA) is 90.0 Å². The van der Waals surface area contributed by atoms with E-state index in [0.29, 0.717) is 18.7 Å². The normalized spacial score (nSPS) is 18.0. The van der Waals surface area contributed by atoms with E-state index < -0.39 is 11.8 Å². The van der Waals surface area contributed by atoms with E-state index in [2.05, 4.69) is 5.32 Å². The van der Waals surface area contributed by atoms with Crippen molar-refractivity contribution in [3.05, 3.63) is 36.0 Å². The van der Waals surface area contributed by atoms with Crippen molar-refractivity contribution in [3.63, 3.8) is 0 Å². The molecule has 1 fully saturated rings. The van der Waals surface area contributed by atoms with Crippen LogP contribution in [0.1, 0.15) is 12.8 Å². The van der Waals surface area contributed by atoms with Crippen molar-refractivity contribution in [2.45, 2.75) is 12.8 Å². The Labute approximate surface area is 133 Å². The Hall–Kier alpha value is -2.67. The second-order valence-corrected chi connectivity index (χ2v) is 5.40. The third-order valence-electron chi connectivity index (χ3n) is 3.84. The molecule has 2 aliphatic rings. The summed E-state index contributed by atoms with van der Waals surface area (Å²) in [6, 6.07) is 7.16. The van der Waals surface area contributed by atoms with Gasteiger partial charge in [-0.05, 0) is 24.6 Å². The first-order valence-corrected chi connectivity index (χ1v) is 7.46. The van der Waals surface area contributed by atoms with Crippen LogP contribution in [0.3, 0.4) is 0 Å². The molecule has 23 heavy (non-hydrogen) atoms. The summed E-state index contributed by atoms with van der Waals surface area (Å²) in [6.07, 6.45) is 2.60. The minimum atomic E-state index is -0.466. The van der Waals surface area contributed by atoms with E-state index in [-0.39, 0.29) is 24.8 Å². The molecule has 7 heteroatoms. The summed E-state index contributed by atoms with van der Waals surface area (Å²) >= 11 is 0. The minimum Gasteiger partial charge on any atom is -0.395 e. The Bertz CT molecular complexity index is 698. The Morgan fingerprint density at radius 2 is 2.04 bits per heavy atom. The highest BCUT2D eigenvalue weighted by Crippen LogP contribution is 2.25. The van der Waals surface area contributed by atoms with Crippen LogP contribution in [-0.4, -0.2) is 47.4 Å². The quantitative estimate of drug-likeness (QED) is 0.771. The molecule has 2 heterocycles. The molecule has 0 saturated carbocycles. The van der Waals surface area contributed by atoms with Gasteiger partial charge in [-0.1, -0.05) is 6.07 Å². The molecular weight excluding hydrogens is 298 g/mol. The number of anilines is 2. The molecule has 0 bridgehead atoms. The molecule has 2 aliphatic heterocycles. The highest BCUT2D eigenvalue weighted by Gasteiger charge is 2.30. The molecule has 0 radical (unpaired) electrons. The standard InChI is InChI=1S/C16H17N3O4/c20-8-7-19-15(22)10-13(16(19)23)17-11-3-1-4-12(9-11)18-6-2-5-14(18)21/h1,3-4,9-10,17,20H,2,5-8H2. The molecule has 0 aliphatic carbocycles. The third kappa shape index (κ3) is 2.95. The fraction of sp³-hybridized carbons (Fsp3) is 0.312. The van der Waals surface area contributed by atoms with E-state index in [1.54, 1.807) is 23.1 Å². The number of carbonyl (C=O) groups excluding carboxylic acids is 3. The summed E-state index contributed by atoms with van der Waals surface area (Å²) in [4.78, 5) is 38.3. The lowest BCUT2D eigenvalue weighted by Crippen LogP contribution is -2.34. The first-order valence-electron chi connectivity index (χ1n) is 7.46. The predicted molar refractivity (Wildman–Crippen MR) is 83.5 cm³/mol. The Kier molecular flexibility index (Phi) is 4.12. The molecule has 0 aromatic heterocycles. The number of β-amino-alcohol motifs (C(OH)–C–C–N with tert-alkyl or cyclic N) is 1. The van der Waals surface area contributed by atoms with Crippen molar-refractivity contribution < 1.29 is 19.5 Å². The van der Waals surface area contributed by atoms with Gasteiger partial charge in [0.1, 0.15) is 5.70 Å². The molecule has 0 spiro atoms. The molecule has 2 N–H and O–H groups in total. The molecule has 1 aromatic rings. The molecule has 120 valence electrons. The van der Waals surface area contributed by atoms with Crippen molar-refractivity contribution in [3.8, 4) is 0 Å². The number of rotatable bonds is 5. The van der Waals surface area contributed by atoms with Gasteiger partial charge in [-0.25, -0.2) is 0 Å². The van der Waals surface area contributed by atoms with Gasteiger partial charge in [-0.3, -0.25) is 19.3 Å². The van der Waals surface area contributed by atoms with Crippen LogP contribution in [0.25, 0.3) is 0 Å². The van der Waals surface area contributed by atoms with Gasteiger partial charge in [0.05, 0.1) is 13.2 Å². The smallest absolute Gasteiger partial charge is 0.277 e. The minimum absolute atomic E-state index is 0.0261. The van der Waals surface area contributed by atoms with Crippen LogP contribution in [0.4, 0.5) is 11.4 Å². The second-order valence-electron chi connectivity index (χ2n) is 5.40. The molecule has 1 aromatic carbocycles. The van der Waals surface area contributed by atoms with Gasteiger partial charge in [0.25, 0.3) is 11.8 Å². The van der Waals surface area contributed by atoms with Crippen molar-refractivity contribution >= 4 is 29.1 Å². The van der Waals surface area contributed by atoms with E-state index in [4.69, 9.17) is 5.11 Å². The number of amides is 3. The van der Waals surface area contributed by atoms with E-state index in [1.807, 2.05) is 6.07 Å². The summed E-state index contributed by atoms with van der Waals surface area (Å²) in [5.41, 5.74) is 1.55. The maximum Gasteiger partial charge on any atom is 0.277 e. The van der Waals surface area contributed by atoms with Gasteiger partial charge >= 0.3 is 0 Å². The Morgan fingerprint density at radius 1 is 1.22 bits per heavy atom. The first kappa shape index (κ1) is 15.2. The van der Waals surface area contributed by atoms with Crippen LogP contribution in [0, 0.1) is 0 Å². The summed E-state index contributed by atoms with van der Waals surface area (Å²) in [6.45, 7) is 0.388. The zero-order valence-electron chi connectivity index (χ0n) is 12.5. The van der Waals surface area contributed by atoms with E-state index >= 15 is 0 Å². The monoisotopic (exact) mass is 315 g/mol. The van der Waals surface area contributed by atoms with E-state index in [0.717, 1.165) is 17.0 Å². The average molecular weight is 315 g/mol. The van der Waals surface area contributed by atoms with E-state index in [9.17, 15) is 14.4 Å². The predicted octanol–water partition coefficient (Wildman–Crippen LogP) is 0.470. The van der Waals surface area contributed by atoms with Crippen LogP contribution in [-0.2, 0) is 14.4 Å². The maximum atomic E-state index is 12.1. The third-order valence-corrected chi connectivity index (χ3v) is 3.84. The van der Waals surface area contributed by atoms with Crippen LogP contribution in [0.2, 0.25) is 0 Å². The summed E-state index contributed by atoms with van der Waals surface area (Å²) < 4.78 is 0. The highest BCUT2D eigenvalue weighted by molar-refractivity contribution is 6.17. The zero-order valence-corrected chi connectivity index (χ0v) is 12.5. The van der Waals surface area contributed by atoms with Crippen LogP contribution in [0.15, 0.2) is 36.0 Å². The van der Waals surface area contributed by atoms with Crippen molar-refractivity contribution in [2.24, 2.45) is 0 Å². The lowest BCUT2D eigenvalue weighted by Gasteiger charge is -2.17. The van der Waals surface area contributed by atoms with Crippen LogP contribution in [0.5, 0.6) is 0 Å². The Balaban J connectivity index is 1.76. The maximum absolute atomic E-state index is 12.1. The number of imide groups is 1. The number of benzene rings is 1. The molecular formula is C16H17N3O4. The number of hydrogen-bond donors (Lipinski definition) is 2. The first-order chi connectivity index (χ1) is 11.1. The number of aliphatic hydroxyl groups is 1.